The van der Waals surface area contributed by atoms with Gasteiger partial charge in [0.1, 0.15) is 11.4 Å². The van der Waals surface area contributed by atoms with E-state index < -0.39 is 41.0 Å². The van der Waals surface area contributed by atoms with Crippen molar-refractivity contribution in [3.05, 3.63) is 40.6 Å². The third-order valence-electron chi connectivity index (χ3n) is 3.40. The van der Waals surface area contributed by atoms with Crippen LogP contribution in [0.15, 0.2) is 29.3 Å². The Morgan fingerprint density at radius 1 is 1.21 bits per heavy atom. The molecule has 0 N–H and O–H groups in total. The van der Waals surface area contributed by atoms with Crippen molar-refractivity contribution >= 4 is 17.0 Å². The van der Waals surface area contributed by atoms with E-state index in [1.54, 1.807) is 0 Å². The molecule has 0 aliphatic heterocycles. The molecule has 0 fully saturated rings. The molecule has 0 atom stereocenters. The highest BCUT2D eigenvalue weighted by atomic mass is 32.1. The van der Waals surface area contributed by atoms with Crippen molar-refractivity contribution in [2.75, 3.05) is 13.7 Å². The number of fused-ring (bicyclic) bond motifs is 1. The van der Waals surface area contributed by atoms with Crippen LogP contribution in [-0.2, 0) is 6.18 Å². The Balaban J connectivity index is 2.16. The van der Waals surface area contributed by atoms with Crippen LogP contribution in [-0.4, -0.2) is 34.3 Å². The van der Waals surface area contributed by atoms with Crippen LogP contribution in [0.2, 0.25) is 0 Å². The summed E-state index contributed by atoms with van der Waals surface area (Å²) in [5.74, 6) is 0.188. The van der Waals surface area contributed by atoms with Gasteiger partial charge in [-0.25, -0.2) is 9.97 Å². The second-order valence-corrected chi connectivity index (χ2v) is 6.32. The number of ether oxygens (including phenoxy) is 2. The average Bonchev–Trinajstić information content (AvgIpc) is 3.06. The molecular formula is C15H9F6N3O3S. The predicted molar refractivity (Wildman–Crippen MR) is 85.7 cm³/mol. The van der Waals surface area contributed by atoms with Crippen molar-refractivity contribution in [3.63, 3.8) is 0 Å². The summed E-state index contributed by atoms with van der Waals surface area (Å²) in [7, 11) is 1.29. The molecule has 0 unspecified atom stereocenters. The Morgan fingerprint density at radius 3 is 2.54 bits per heavy atom. The topological polar surface area (TPSA) is 65.7 Å². The number of alkyl halides is 6. The summed E-state index contributed by atoms with van der Waals surface area (Å²) in [6.07, 6.45) is -7.63. The highest BCUT2D eigenvalue weighted by Gasteiger charge is 2.39. The van der Waals surface area contributed by atoms with Gasteiger partial charge in [0.05, 0.1) is 23.7 Å². The molecule has 0 bridgehead atoms. The van der Waals surface area contributed by atoms with Crippen molar-refractivity contribution in [2.24, 2.45) is 0 Å². The first kappa shape index (κ1) is 19.9. The number of methoxy groups -OCH3 is 1. The van der Waals surface area contributed by atoms with Crippen LogP contribution in [0.25, 0.3) is 16.1 Å². The largest absolute Gasteiger partial charge is 0.497 e. The summed E-state index contributed by atoms with van der Waals surface area (Å²) < 4.78 is 87.3. The van der Waals surface area contributed by atoms with E-state index in [0.29, 0.717) is 11.3 Å². The van der Waals surface area contributed by atoms with E-state index in [4.69, 9.17) is 4.74 Å². The third-order valence-corrected chi connectivity index (χ3v) is 4.32. The van der Waals surface area contributed by atoms with Crippen molar-refractivity contribution in [1.82, 2.24) is 14.4 Å². The fourth-order valence-electron chi connectivity index (χ4n) is 2.26. The van der Waals surface area contributed by atoms with Gasteiger partial charge in [0.15, 0.2) is 12.3 Å². The van der Waals surface area contributed by atoms with Gasteiger partial charge >= 0.3 is 12.4 Å². The number of pyridine rings is 1. The number of hydrogen-bond acceptors (Lipinski definition) is 6. The van der Waals surface area contributed by atoms with Crippen LogP contribution in [0.3, 0.4) is 0 Å². The first-order chi connectivity index (χ1) is 13.0. The molecule has 0 saturated carbocycles. The SMILES string of the molecule is COc1ccn2c(=O)c(-c3cnc(OCC(F)(F)F)s3)c(C(F)(F)F)nc2c1. The molecule has 0 radical (unpaired) electrons. The first-order valence-corrected chi connectivity index (χ1v) is 8.14. The second-order valence-electron chi connectivity index (χ2n) is 5.33. The van der Waals surface area contributed by atoms with E-state index in [1.165, 1.54) is 19.4 Å². The van der Waals surface area contributed by atoms with Crippen LogP contribution >= 0.6 is 11.3 Å². The van der Waals surface area contributed by atoms with Crippen LogP contribution < -0.4 is 15.0 Å². The van der Waals surface area contributed by atoms with Crippen molar-refractivity contribution in [2.45, 2.75) is 12.4 Å². The molecule has 6 nitrogen and oxygen atoms in total. The minimum atomic E-state index is -5.00. The number of hydrogen-bond donors (Lipinski definition) is 0. The van der Waals surface area contributed by atoms with E-state index in [-0.39, 0.29) is 16.3 Å². The van der Waals surface area contributed by atoms with Gasteiger partial charge in [-0.05, 0) is 6.07 Å². The number of nitrogens with zero attached hydrogens (tertiary/aromatic N) is 3. The minimum Gasteiger partial charge on any atom is -0.497 e. The Hall–Kier alpha value is -2.83. The Morgan fingerprint density at radius 2 is 1.93 bits per heavy atom. The van der Waals surface area contributed by atoms with E-state index in [1.807, 2.05) is 0 Å². The number of halogens is 6. The van der Waals surface area contributed by atoms with Crippen molar-refractivity contribution < 1.29 is 35.8 Å². The molecule has 0 aliphatic rings. The van der Waals surface area contributed by atoms with Gasteiger partial charge in [-0.15, -0.1) is 0 Å². The molecule has 3 aromatic heterocycles. The number of aromatic nitrogens is 3. The standard InChI is InChI=1S/C15H9F6N3O3S/c1-26-7-2-3-24-9(4-7)23-11(15(19,20)21)10(12(24)25)8-5-22-13(28-8)27-6-14(16,17)18/h2-5H,6H2,1H3. The maximum Gasteiger partial charge on any atom is 0.434 e. The van der Waals surface area contributed by atoms with Crippen LogP contribution in [0.5, 0.6) is 10.9 Å². The molecule has 0 saturated heterocycles. The quantitative estimate of drug-likeness (QED) is 0.596. The van der Waals surface area contributed by atoms with E-state index in [9.17, 15) is 31.1 Å². The molecule has 0 aromatic carbocycles. The van der Waals surface area contributed by atoms with Crippen LogP contribution in [0, 0.1) is 0 Å². The lowest BCUT2D eigenvalue weighted by Crippen LogP contribution is -2.23. The maximum atomic E-state index is 13.5. The van der Waals surface area contributed by atoms with Crippen LogP contribution in [0.1, 0.15) is 5.69 Å². The maximum absolute atomic E-state index is 13.5. The fourth-order valence-corrected chi connectivity index (χ4v) is 3.06. The van der Waals surface area contributed by atoms with Gasteiger partial charge < -0.3 is 9.47 Å². The molecule has 3 rings (SSSR count). The Labute approximate surface area is 156 Å². The molecule has 0 amide bonds. The Kier molecular flexibility index (Phi) is 4.95. The molecule has 13 heteroatoms. The van der Waals surface area contributed by atoms with Crippen LogP contribution in [0.4, 0.5) is 26.3 Å². The van der Waals surface area contributed by atoms with Gasteiger partial charge in [0.25, 0.3) is 10.8 Å². The van der Waals surface area contributed by atoms with E-state index in [0.717, 1.165) is 16.7 Å². The second kappa shape index (κ2) is 6.96. The fraction of sp³-hybridized carbons (Fsp3) is 0.267. The van der Waals surface area contributed by atoms with Gasteiger partial charge in [0, 0.05) is 12.3 Å². The van der Waals surface area contributed by atoms with Gasteiger partial charge in [-0.3, -0.25) is 9.20 Å². The highest BCUT2D eigenvalue weighted by molar-refractivity contribution is 7.16. The molecule has 0 spiro atoms. The smallest absolute Gasteiger partial charge is 0.434 e. The van der Waals surface area contributed by atoms with Crippen molar-refractivity contribution in [1.29, 1.82) is 0 Å². The van der Waals surface area contributed by atoms with Gasteiger partial charge in [-0.1, -0.05) is 11.3 Å². The minimum absolute atomic E-state index is 0.188. The first-order valence-electron chi connectivity index (χ1n) is 7.33. The van der Waals surface area contributed by atoms with Gasteiger partial charge in [-0.2, -0.15) is 26.3 Å². The average molecular weight is 425 g/mol. The zero-order chi connectivity index (χ0) is 20.7. The monoisotopic (exact) mass is 425 g/mol. The molecule has 150 valence electrons. The zero-order valence-electron chi connectivity index (χ0n) is 13.8. The lowest BCUT2D eigenvalue weighted by atomic mass is 10.2. The lowest BCUT2D eigenvalue weighted by Gasteiger charge is -2.12. The molecule has 0 aliphatic carbocycles. The molecule has 28 heavy (non-hydrogen) atoms. The molecular weight excluding hydrogens is 416 g/mol. The lowest BCUT2D eigenvalue weighted by molar-refractivity contribution is -0.153. The highest BCUT2D eigenvalue weighted by Crippen LogP contribution is 2.38. The molecule has 3 heterocycles. The third kappa shape index (κ3) is 4.03. The summed E-state index contributed by atoms with van der Waals surface area (Å²) >= 11 is 0.376. The number of rotatable bonds is 4. The van der Waals surface area contributed by atoms with E-state index >= 15 is 0 Å². The van der Waals surface area contributed by atoms with E-state index in [2.05, 4.69) is 14.7 Å². The predicted octanol–water partition coefficient (Wildman–Crippen LogP) is 3.79. The summed E-state index contributed by atoms with van der Waals surface area (Å²) in [6.45, 7) is -1.67. The number of thiazole rings is 1. The van der Waals surface area contributed by atoms with Crippen molar-refractivity contribution in [3.8, 4) is 21.4 Å². The summed E-state index contributed by atoms with van der Waals surface area (Å²) in [5.41, 5.74) is -3.70. The zero-order valence-corrected chi connectivity index (χ0v) is 14.6. The summed E-state index contributed by atoms with van der Waals surface area (Å²) in [4.78, 5) is 19.3. The van der Waals surface area contributed by atoms with Gasteiger partial charge in [0.2, 0.25) is 0 Å². The Bertz CT molecular complexity index is 1070. The molecule has 3 aromatic rings. The summed E-state index contributed by atoms with van der Waals surface area (Å²) in [5, 5.41) is -0.528. The normalized spacial score (nSPS) is 12.4. The summed E-state index contributed by atoms with van der Waals surface area (Å²) in [6, 6.07) is 2.49.